The fourth-order valence-electron chi connectivity index (χ4n) is 11.6. The Bertz CT molecular complexity index is 2330. The Morgan fingerprint density at radius 1 is 1.06 bits per heavy atom. The maximum atomic E-state index is 15.7. The second-order valence-electron chi connectivity index (χ2n) is 18.4. The number of amides is 1. The van der Waals surface area contributed by atoms with Crippen LogP contribution in [0, 0.1) is 34.4 Å². The van der Waals surface area contributed by atoms with Crippen LogP contribution in [0.2, 0.25) is 0 Å². The van der Waals surface area contributed by atoms with Gasteiger partial charge in [-0.1, -0.05) is 25.5 Å². The zero-order valence-electron chi connectivity index (χ0n) is 35.5. The van der Waals surface area contributed by atoms with Gasteiger partial charge in [0.25, 0.3) is 0 Å². The number of hydrogen-bond donors (Lipinski definition) is 3. The number of carbonyl (C=O) groups excluding carboxylic acids is 5. The second-order valence-corrected chi connectivity index (χ2v) is 18.4. The van der Waals surface area contributed by atoms with E-state index >= 15 is 4.39 Å². The molecule has 16 nitrogen and oxygen atoms in total. The van der Waals surface area contributed by atoms with Crippen LogP contribution in [0.4, 0.5) is 14.9 Å². The molecule has 4 saturated carbocycles. The molecule has 0 bridgehead atoms. The van der Waals surface area contributed by atoms with Gasteiger partial charge in [0.15, 0.2) is 29.4 Å². The van der Waals surface area contributed by atoms with Gasteiger partial charge in [-0.25, -0.2) is 9.18 Å². The lowest BCUT2D eigenvalue weighted by Gasteiger charge is -2.59. The van der Waals surface area contributed by atoms with Crippen molar-refractivity contribution in [3.8, 4) is 5.75 Å². The first kappa shape index (κ1) is 43.5. The molecule has 9 atom stereocenters. The lowest BCUT2D eigenvalue weighted by molar-refractivity contribution is -0.181. The van der Waals surface area contributed by atoms with Crippen LogP contribution < -0.4 is 20.8 Å². The highest BCUT2D eigenvalue weighted by Gasteiger charge is 2.68. The number of methoxy groups -OCH3 is 1. The van der Waals surface area contributed by atoms with Crippen LogP contribution in [0.5, 0.6) is 5.75 Å². The number of pyridine rings is 1. The van der Waals surface area contributed by atoms with E-state index in [0.29, 0.717) is 24.8 Å². The first-order valence-electron chi connectivity index (χ1n) is 21.5. The summed E-state index contributed by atoms with van der Waals surface area (Å²) in [6.45, 7) is 4.57. The molecule has 1 aromatic carbocycles. The van der Waals surface area contributed by atoms with E-state index in [-0.39, 0.29) is 84.3 Å². The molecule has 5 aliphatic carbocycles. The van der Waals surface area contributed by atoms with Crippen molar-refractivity contribution in [2.24, 2.45) is 34.3 Å². The zero-order chi connectivity index (χ0) is 44.5. The molecule has 2 aromatic rings. The van der Waals surface area contributed by atoms with Gasteiger partial charge in [-0.2, -0.15) is 0 Å². The Kier molecular flexibility index (Phi) is 11.4. The van der Waals surface area contributed by atoms with Crippen molar-refractivity contribution in [3.05, 3.63) is 58.2 Å². The molecular formula is C45H55FN4O12. The number of esters is 2. The number of nitrogens with zero attached hydrogens (tertiary/aromatic N) is 3. The van der Waals surface area contributed by atoms with Crippen molar-refractivity contribution < 1.29 is 57.5 Å². The third-order valence-electron chi connectivity index (χ3n) is 15.0. The number of Topliss-reactive ketones (excluding diaryl/α,β-unsaturated/α-hetero) is 1. The summed E-state index contributed by atoms with van der Waals surface area (Å²) >= 11 is 0. The minimum atomic E-state index is -1.87. The summed E-state index contributed by atoms with van der Waals surface area (Å²) in [4.78, 5) is 80.1. The van der Waals surface area contributed by atoms with Crippen molar-refractivity contribution in [1.82, 2.24) is 9.47 Å². The van der Waals surface area contributed by atoms with Crippen molar-refractivity contribution in [3.63, 3.8) is 0 Å². The largest absolute Gasteiger partial charge is 0.492 e. The van der Waals surface area contributed by atoms with E-state index in [1.807, 2.05) is 24.5 Å². The number of fused-ring (bicyclic) bond motifs is 6. The predicted molar refractivity (Wildman–Crippen MR) is 220 cm³/mol. The van der Waals surface area contributed by atoms with E-state index in [2.05, 4.69) is 0 Å². The number of ketones is 2. The lowest BCUT2D eigenvalue weighted by atomic mass is 9.46. The van der Waals surface area contributed by atoms with Gasteiger partial charge >= 0.3 is 18.0 Å². The number of hydrogen-bond acceptors (Lipinski definition) is 14. The molecule has 17 heteroatoms. The van der Waals surface area contributed by atoms with Gasteiger partial charge in [0.1, 0.15) is 17.3 Å². The van der Waals surface area contributed by atoms with Crippen molar-refractivity contribution in [1.29, 1.82) is 0 Å². The van der Waals surface area contributed by atoms with Crippen molar-refractivity contribution in [2.75, 3.05) is 45.0 Å². The average molecular weight is 863 g/mol. The molecule has 1 amide bonds. The predicted octanol–water partition coefficient (Wildman–Crippen LogP) is 3.47. The fourth-order valence-corrected chi connectivity index (χ4v) is 11.6. The van der Waals surface area contributed by atoms with Gasteiger partial charge < -0.3 is 49.3 Å². The highest BCUT2D eigenvalue weighted by molar-refractivity contribution is 6.01. The highest BCUT2D eigenvalue weighted by Crippen LogP contribution is 2.67. The van der Waals surface area contributed by atoms with Gasteiger partial charge in [0, 0.05) is 60.7 Å². The number of aliphatic hydroxyl groups excluding tert-OH is 1. The van der Waals surface area contributed by atoms with E-state index in [0.717, 1.165) is 18.4 Å². The second kappa shape index (κ2) is 16.2. The minimum absolute atomic E-state index is 0.00287. The van der Waals surface area contributed by atoms with Crippen LogP contribution in [-0.4, -0.2) is 113 Å². The van der Waals surface area contributed by atoms with E-state index in [4.69, 9.17) is 24.7 Å². The Balaban J connectivity index is 0.803. The number of anilines is 1. The molecule has 0 spiro atoms. The maximum absolute atomic E-state index is 15.7. The van der Waals surface area contributed by atoms with Crippen LogP contribution in [0.3, 0.4) is 0 Å². The van der Waals surface area contributed by atoms with Crippen molar-refractivity contribution in [2.45, 2.75) is 102 Å². The summed E-state index contributed by atoms with van der Waals surface area (Å²) < 4.78 is 38.8. The van der Waals surface area contributed by atoms with E-state index in [1.54, 1.807) is 30.2 Å². The van der Waals surface area contributed by atoms with Crippen LogP contribution >= 0.6 is 0 Å². The number of aliphatic hydroxyl groups is 2. The molecule has 5 unspecified atom stereocenters. The fraction of sp³-hybridized carbons (Fsp3) is 0.600. The third-order valence-corrected chi connectivity index (χ3v) is 15.0. The molecular weight excluding hydrogens is 808 g/mol. The summed E-state index contributed by atoms with van der Waals surface area (Å²) in [6, 6.07) is 0.857. The normalized spacial score (nSPS) is 32.0. The number of allylic oxidation sites excluding steroid dienone is 4. The maximum Gasteiger partial charge on any atom is 0.413 e. The van der Waals surface area contributed by atoms with Crippen LogP contribution in [0.25, 0.3) is 10.9 Å². The van der Waals surface area contributed by atoms with E-state index < -0.39 is 84.1 Å². The topological polar surface area (TPSA) is 217 Å². The first-order chi connectivity index (χ1) is 29.4. The Hall–Kier alpha value is -5.13. The van der Waals surface area contributed by atoms with Crippen molar-refractivity contribution >= 4 is 46.2 Å². The SMILES string of the molecule is COc1c(N2CCN(C(=O)OCOC(=O)C(N)CC(=O)OCC(=O)[C@@]3(O)CCC4C5CCC6=CC(=O)C=C[C@]6(C)C5[C@@H](O)C[C@@]43C)C(C)C2)c(F)cc2c(=O)ccn(C3CC3)c12. The van der Waals surface area contributed by atoms with Crippen LogP contribution in [0.1, 0.15) is 78.2 Å². The molecule has 62 heavy (non-hydrogen) atoms. The Morgan fingerprint density at radius 2 is 1.82 bits per heavy atom. The van der Waals surface area contributed by atoms with Crippen LogP contribution in [-0.2, 0) is 33.4 Å². The molecule has 6 aliphatic rings. The molecule has 2 heterocycles. The lowest BCUT2D eigenvalue weighted by Crippen LogP contribution is -2.61. The summed E-state index contributed by atoms with van der Waals surface area (Å²) in [5.41, 5.74) is 3.94. The summed E-state index contributed by atoms with van der Waals surface area (Å²) in [6.07, 6.45) is 8.60. The number of carbonyl (C=O) groups is 5. The monoisotopic (exact) mass is 862 g/mol. The number of benzene rings is 1. The van der Waals surface area contributed by atoms with Crippen LogP contribution in [0.15, 0.2) is 46.9 Å². The molecule has 5 fully saturated rings. The number of piperazine rings is 1. The number of halogens is 1. The molecule has 1 aliphatic heterocycles. The molecule has 0 radical (unpaired) electrons. The van der Waals surface area contributed by atoms with Gasteiger partial charge in [0.05, 0.1) is 30.5 Å². The average Bonchev–Trinajstić information content (AvgIpc) is 4.03. The quantitative estimate of drug-likeness (QED) is 0.218. The van der Waals surface area contributed by atoms with Gasteiger partial charge in [-0.3, -0.25) is 24.0 Å². The molecule has 4 N–H and O–H groups in total. The summed E-state index contributed by atoms with van der Waals surface area (Å²) in [5, 5.41) is 23.8. The molecule has 8 rings (SSSR count). The summed E-state index contributed by atoms with van der Waals surface area (Å²) in [5.74, 6) is -3.46. The first-order valence-corrected chi connectivity index (χ1v) is 21.5. The highest BCUT2D eigenvalue weighted by atomic mass is 19.1. The third kappa shape index (κ3) is 7.28. The summed E-state index contributed by atoms with van der Waals surface area (Å²) in [7, 11) is 1.43. The van der Waals surface area contributed by atoms with E-state index in [9.17, 15) is 39.0 Å². The van der Waals surface area contributed by atoms with Gasteiger partial charge in [0.2, 0.25) is 12.6 Å². The zero-order valence-corrected chi connectivity index (χ0v) is 35.5. The molecule has 1 saturated heterocycles. The van der Waals surface area contributed by atoms with E-state index in [1.165, 1.54) is 24.1 Å². The minimum Gasteiger partial charge on any atom is -0.492 e. The molecule has 1 aromatic heterocycles. The Morgan fingerprint density at radius 3 is 2.53 bits per heavy atom. The Labute approximate surface area is 357 Å². The molecule has 334 valence electrons. The standard InChI is InChI=1S/C45H55FN4O12/c1-24-21-48(39-31(46)18-29-33(52)11-14-50(26-6-7-26)38(29)40(39)59-4)15-16-49(24)42(57)62-23-61-41(56)32(47)19-36(55)60-22-35(54)45(58)13-10-30-28-8-5-25-17-27(51)9-12-43(25,2)37(28)34(53)20-44(30,45)3/h9,11-12,14,17-18,24,26,28,30,32,34,37,53,58H,5-8,10,13,15-16,19-23,47H2,1-4H3/t24?,28?,30?,32?,34-,37?,43-,44-,45-/m0/s1. The van der Waals surface area contributed by atoms with Gasteiger partial charge in [-0.15, -0.1) is 0 Å². The number of nitrogens with two attached hydrogens (primary N) is 1. The van der Waals surface area contributed by atoms with Gasteiger partial charge in [-0.05, 0) is 81.9 Å². The number of ether oxygens (including phenoxy) is 4. The number of aromatic nitrogens is 1. The smallest absolute Gasteiger partial charge is 0.413 e. The number of rotatable bonds is 11.